The summed E-state index contributed by atoms with van der Waals surface area (Å²) in [5.74, 6) is 1.19. The molecule has 0 amide bonds. The molecule has 1 unspecified atom stereocenters. The molecule has 0 fully saturated rings. The third kappa shape index (κ3) is 3.25. The Hall–Kier alpha value is -1.68. The van der Waals surface area contributed by atoms with E-state index in [1.165, 1.54) is 16.7 Å². The molecule has 2 rings (SSSR count). The minimum Gasteiger partial charge on any atom is -0.338 e. The fraction of sp³-hybridized carbons (Fsp3) is 0.500. The lowest BCUT2D eigenvalue weighted by molar-refractivity contribution is 0.252. The van der Waals surface area contributed by atoms with Gasteiger partial charge in [-0.1, -0.05) is 44.1 Å². The Labute approximate surface area is 120 Å². The molecule has 1 atom stereocenters. The Bertz CT molecular complexity index is 596. The van der Waals surface area contributed by atoms with Gasteiger partial charge in [-0.2, -0.15) is 4.98 Å². The monoisotopic (exact) mass is 273 g/mol. The highest BCUT2D eigenvalue weighted by molar-refractivity contribution is 5.31. The molecule has 108 valence electrons. The van der Waals surface area contributed by atoms with E-state index in [4.69, 9.17) is 10.3 Å². The van der Waals surface area contributed by atoms with Crippen molar-refractivity contribution >= 4 is 0 Å². The summed E-state index contributed by atoms with van der Waals surface area (Å²) in [7, 11) is 0. The van der Waals surface area contributed by atoms with Gasteiger partial charge in [-0.25, -0.2) is 0 Å². The summed E-state index contributed by atoms with van der Waals surface area (Å²) in [6.45, 7) is 10.4. The van der Waals surface area contributed by atoms with E-state index < -0.39 is 0 Å². The average molecular weight is 273 g/mol. The van der Waals surface area contributed by atoms with Crippen LogP contribution in [0.4, 0.5) is 0 Å². The largest absolute Gasteiger partial charge is 0.338 e. The number of hydrogen-bond donors (Lipinski definition) is 1. The van der Waals surface area contributed by atoms with Gasteiger partial charge in [0.05, 0.1) is 6.04 Å². The zero-order valence-electron chi connectivity index (χ0n) is 12.9. The van der Waals surface area contributed by atoms with E-state index in [9.17, 15) is 0 Å². The first kappa shape index (κ1) is 14.7. The lowest BCUT2D eigenvalue weighted by atomic mass is 9.87. The summed E-state index contributed by atoms with van der Waals surface area (Å²) in [5, 5.41) is 4.03. The zero-order valence-corrected chi connectivity index (χ0v) is 12.9. The molecule has 0 spiro atoms. The minimum absolute atomic E-state index is 0.0930. The molecule has 0 aliphatic heterocycles. The molecule has 0 aliphatic carbocycles. The lowest BCUT2D eigenvalue weighted by Crippen LogP contribution is -2.26. The Kier molecular flexibility index (Phi) is 3.95. The van der Waals surface area contributed by atoms with Crippen molar-refractivity contribution in [1.29, 1.82) is 0 Å². The molecule has 4 heteroatoms. The Morgan fingerprint density at radius 3 is 2.50 bits per heavy atom. The van der Waals surface area contributed by atoms with Crippen LogP contribution in [0.5, 0.6) is 0 Å². The van der Waals surface area contributed by atoms with Crippen molar-refractivity contribution in [3.05, 3.63) is 46.6 Å². The highest BCUT2D eigenvalue weighted by Gasteiger charge is 2.27. The Morgan fingerprint density at radius 2 is 1.90 bits per heavy atom. The summed E-state index contributed by atoms with van der Waals surface area (Å²) in [4.78, 5) is 4.42. The highest BCUT2D eigenvalue weighted by atomic mass is 16.5. The van der Waals surface area contributed by atoms with Crippen molar-refractivity contribution in [3.8, 4) is 0 Å². The first-order valence-electron chi connectivity index (χ1n) is 6.91. The number of benzene rings is 1. The summed E-state index contributed by atoms with van der Waals surface area (Å²) in [5.41, 5.74) is 9.78. The van der Waals surface area contributed by atoms with E-state index >= 15 is 0 Å². The van der Waals surface area contributed by atoms with Crippen molar-refractivity contribution < 1.29 is 4.52 Å². The molecule has 2 aromatic rings. The number of aryl methyl sites for hydroxylation is 2. The Balaban J connectivity index is 2.15. The van der Waals surface area contributed by atoms with Gasteiger partial charge >= 0.3 is 0 Å². The standard InChI is InChI=1S/C16H23N3O/c1-10-6-7-12(8-11(10)2)9-13-18-15(20-19-13)14(17)16(3,4)5/h6-8,14H,9,17H2,1-5H3. The third-order valence-corrected chi connectivity index (χ3v) is 3.62. The highest BCUT2D eigenvalue weighted by Crippen LogP contribution is 2.29. The number of nitrogens with two attached hydrogens (primary N) is 1. The summed E-state index contributed by atoms with van der Waals surface area (Å²) >= 11 is 0. The number of rotatable bonds is 3. The quantitative estimate of drug-likeness (QED) is 0.931. The fourth-order valence-corrected chi connectivity index (χ4v) is 1.93. The van der Waals surface area contributed by atoms with Crippen LogP contribution in [0.2, 0.25) is 0 Å². The van der Waals surface area contributed by atoms with Crippen LogP contribution in [-0.4, -0.2) is 10.1 Å². The van der Waals surface area contributed by atoms with E-state index in [0.717, 1.165) is 0 Å². The van der Waals surface area contributed by atoms with Crippen LogP contribution in [0.3, 0.4) is 0 Å². The van der Waals surface area contributed by atoms with Crippen LogP contribution in [-0.2, 0) is 6.42 Å². The van der Waals surface area contributed by atoms with Gasteiger partial charge in [0.25, 0.3) is 0 Å². The fourth-order valence-electron chi connectivity index (χ4n) is 1.93. The second-order valence-electron chi connectivity index (χ2n) is 6.49. The molecular weight excluding hydrogens is 250 g/mol. The summed E-state index contributed by atoms with van der Waals surface area (Å²) in [6, 6.07) is 6.13. The molecule has 0 aliphatic rings. The molecule has 0 saturated carbocycles. The van der Waals surface area contributed by atoms with E-state index in [2.05, 4.69) is 63.0 Å². The number of aromatic nitrogens is 2. The third-order valence-electron chi connectivity index (χ3n) is 3.62. The molecule has 0 saturated heterocycles. The van der Waals surface area contributed by atoms with Gasteiger partial charge in [-0.05, 0) is 36.0 Å². The first-order chi connectivity index (χ1) is 9.27. The molecule has 0 radical (unpaired) electrons. The second-order valence-corrected chi connectivity index (χ2v) is 6.49. The van der Waals surface area contributed by atoms with Gasteiger partial charge in [-0.3, -0.25) is 0 Å². The number of nitrogens with zero attached hydrogens (tertiary/aromatic N) is 2. The predicted molar refractivity (Wildman–Crippen MR) is 79.4 cm³/mol. The zero-order chi connectivity index (χ0) is 14.9. The van der Waals surface area contributed by atoms with E-state index in [-0.39, 0.29) is 11.5 Å². The van der Waals surface area contributed by atoms with Gasteiger partial charge in [0.15, 0.2) is 5.82 Å². The summed E-state index contributed by atoms with van der Waals surface area (Å²) < 4.78 is 5.29. The van der Waals surface area contributed by atoms with Crippen LogP contribution in [0, 0.1) is 19.3 Å². The molecule has 1 aromatic carbocycles. The van der Waals surface area contributed by atoms with Crippen LogP contribution >= 0.6 is 0 Å². The normalized spacial score (nSPS) is 13.5. The molecular formula is C16H23N3O. The van der Waals surface area contributed by atoms with Crippen molar-refractivity contribution in [2.75, 3.05) is 0 Å². The maximum absolute atomic E-state index is 6.13. The van der Waals surface area contributed by atoms with E-state index in [0.29, 0.717) is 18.1 Å². The lowest BCUT2D eigenvalue weighted by Gasteiger charge is -2.23. The summed E-state index contributed by atoms with van der Waals surface area (Å²) in [6.07, 6.45) is 0.668. The molecule has 1 heterocycles. The molecule has 0 bridgehead atoms. The predicted octanol–water partition coefficient (Wildman–Crippen LogP) is 3.32. The van der Waals surface area contributed by atoms with Crippen LogP contribution in [0.1, 0.15) is 55.2 Å². The van der Waals surface area contributed by atoms with Crippen LogP contribution in [0.25, 0.3) is 0 Å². The van der Waals surface area contributed by atoms with Crippen LogP contribution in [0.15, 0.2) is 22.7 Å². The topological polar surface area (TPSA) is 64.9 Å². The van der Waals surface area contributed by atoms with Crippen molar-refractivity contribution in [2.45, 2.75) is 47.1 Å². The maximum Gasteiger partial charge on any atom is 0.244 e. The molecule has 20 heavy (non-hydrogen) atoms. The maximum atomic E-state index is 6.13. The SMILES string of the molecule is Cc1ccc(Cc2noc(C(N)C(C)(C)C)n2)cc1C. The van der Waals surface area contributed by atoms with Crippen LogP contribution < -0.4 is 5.73 Å². The Morgan fingerprint density at radius 1 is 1.20 bits per heavy atom. The van der Waals surface area contributed by atoms with E-state index in [1.54, 1.807) is 0 Å². The van der Waals surface area contributed by atoms with Gasteiger partial charge in [-0.15, -0.1) is 0 Å². The number of hydrogen-bond acceptors (Lipinski definition) is 4. The van der Waals surface area contributed by atoms with Gasteiger partial charge in [0.1, 0.15) is 0 Å². The molecule has 4 nitrogen and oxygen atoms in total. The van der Waals surface area contributed by atoms with Gasteiger partial charge in [0, 0.05) is 6.42 Å². The van der Waals surface area contributed by atoms with Crippen molar-refractivity contribution in [2.24, 2.45) is 11.1 Å². The molecule has 1 aromatic heterocycles. The molecule has 2 N–H and O–H groups in total. The smallest absolute Gasteiger partial charge is 0.244 e. The van der Waals surface area contributed by atoms with Gasteiger partial charge < -0.3 is 10.3 Å². The van der Waals surface area contributed by atoms with Crippen molar-refractivity contribution in [3.63, 3.8) is 0 Å². The van der Waals surface area contributed by atoms with Gasteiger partial charge in [0.2, 0.25) is 5.89 Å². The van der Waals surface area contributed by atoms with Crippen molar-refractivity contribution in [1.82, 2.24) is 10.1 Å². The first-order valence-corrected chi connectivity index (χ1v) is 6.91. The minimum atomic E-state index is -0.247. The average Bonchev–Trinajstić information content (AvgIpc) is 2.80. The second kappa shape index (κ2) is 5.37. The van der Waals surface area contributed by atoms with E-state index in [1.807, 2.05) is 0 Å².